The number of rotatable bonds is 8. The van der Waals surface area contributed by atoms with E-state index >= 15 is 0 Å². The first-order valence-electron chi connectivity index (χ1n) is 8.06. The van der Waals surface area contributed by atoms with E-state index in [9.17, 15) is 4.79 Å². The van der Waals surface area contributed by atoms with Crippen molar-refractivity contribution in [1.82, 2.24) is 15.5 Å². The van der Waals surface area contributed by atoms with Crippen LogP contribution in [0.1, 0.15) is 27.9 Å². The van der Waals surface area contributed by atoms with Crippen LogP contribution < -0.4 is 19.5 Å². The summed E-state index contributed by atoms with van der Waals surface area (Å²) in [5.74, 6) is 1.84. The Balaban J connectivity index is 1.71. The molecule has 1 aromatic carbocycles. The number of ether oxygens (including phenoxy) is 3. The molecule has 0 atom stereocenters. The van der Waals surface area contributed by atoms with Crippen LogP contribution in [0.15, 0.2) is 39.4 Å². The summed E-state index contributed by atoms with van der Waals surface area (Å²) in [6, 6.07) is 7.05. The van der Waals surface area contributed by atoms with Crippen LogP contribution in [0.5, 0.6) is 17.2 Å². The fraction of sp³-hybridized carbons (Fsp3) is 0.278. The number of furan rings is 1. The molecule has 0 radical (unpaired) electrons. The molecule has 2 heterocycles. The van der Waals surface area contributed by atoms with Gasteiger partial charge in [-0.15, -0.1) is 10.2 Å². The molecule has 2 aromatic heterocycles. The van der Waals surface area contributed by atoms with E-state index in [2.05, 4.69) is 15.5 Å². The van der Waals surface area contributed by atoms with Gasteiger partial charge in [-0.2, -0.15) is 0 Å². The van der Waals surface area contributed by atoms with Gasteiger partial charge >= 0.3 is 11.8 Å². The summed E-state index contributed by atoms with van der Waals surface area (Å²) in [5, 5.41) is 10.3. The molecule has 0 fully saturated rings. The van der Waals surface area contributed by atoms with Crippen molar-refractivity contribution in [3.05, 3.63) is 53.6 Å². The summed E-state index contributed by atoms with van der Waals surface area (Å²) < 4.78 is 26.5. The Bertz CT molecular complexity index is 879. The Morgan fingerprint density at radius 3 is 2.44 bits per heavy atom. The zero-order valence-electron chi connectivity index (χ0n) is 15.1. The molecule has 0 unspecified atom stereocenters. The number of nitrogens with zero attached hydrogens (tertiary/aromatic N) is 2. The minimum atomic E-state index is -0.477. The van der Waals surface area contributed by atoms with Crippen LogP contribution in [0, 0.1) is 0 Å². The first-order chi connectivity index (χ1) is 13.1. The molecule has 0 aliphatic carbocycles. The number of aromatic nitrogens is 2. The second-order valence-electron chi connectivity index (χ2n) is 5.47. The molecule has 0 saturated heterocycles. The van der Waals surface area contributed by atoms with Crippen LogP contribution in [0.4, 0.5) is 0 Å². The van der Waals surface area contributed by atoms with Crippen molar-refractivity contribution >= 4 is 5.91 Å². The number of hydrogen-bond donors (Lipinski definition) is 1. The number of benzene rings is 1. The van der Waals surface area contributed by atoms with E-state index in [1.54, 1.807) is 24.3 Å². The van der Waals surface area contributed by atoms with Gasteiger partial charge in [0.25, 0.3) is 0 Å². The van der Waals surface area contributed by atoms with Gasteiger partial charge in [-0.25, -0.2) is 0 Å². The molecular weight excluding hydrogens is 354 g/mol. The van der Waals surface area contributed by atoms with Crippen molar-refractivity contribution in [1.29, 1.82) is 0 Å². The van der Waals surface area contributed by atoms with Crippen LogP contribution in [0.3, 0.4) is 0 Å². The second kappa shape index (κ2) is 8.26. The molecule has 3 rings (SSSR count). The Hall–Kier alpha value is -3.49. The van der Waals surface area contributed by atoms with Gasteiger partial charge in [0.05, 0.1) is 40.6 Å². The molecule has 3 aromatic rings. The van der Waals surface area contributed by atoms with E-state index in [1.807, 2.05) is 0 Å². The third-order valence-corrected chi connectivity index (χ3v) is 3.74. The molecule has 0 aliphatic heterocycles. The highest BCUT2D eigenvalue weighted by Gasteiger charge is 2.18. The first kappa shape index (κ1) is 18.3. The maximum absolute atomic E-state index is 12.1. The Kier molecular flexibility index (Phi) is 5.60. The molecule has 1 amide bonds. The monoisotopic (exact) mass is 373 g/mol. The average Bonchev–Trinajstić information content (AvgIpc) is 3.37. The highest BCUT2D eigenvalue weighted by Crippen LogP contribution is 2.38. The normalized spacial score (nSPS) is 10.5. The highest BCUT2D eigenvalue weighted by atomic mass is 16.5. The largest absolute Gasteiger partial charge is 0.493 e. The maximum Gasteiger partial charge on any atom is 0.309 e. The number of methoxy groups -OCH3 is 3. The van der Waals surface area contributed by atoms with Gasteiger partial charge in [-0.05, 0) is 29.8 Å². The van der Waals surface area contributed by atoms with Gasteiger partial charge in [0.2, 0.25) is 11.6 Å². The summed E-state index contributed by atoms with van der Waals surface area (Å²) in [6.07, 6.45) is 1.83. The molecule has 9 nitrogen and oxygen atoms in total. The Morgan fingerprint density at radius 1 is 1.11 bits per heavy atom. The van der Waals surface area contributed by atoms with E-state index in [-0.39, 0.29) is 18.3 Å². The van der Waals surface area contributed by atoms with Crippen molar-refractivity contribution in [3.8, 4) is 17.2 Å². The van der Waals surface area contributed by atoms with Gasteiger partial charge in [0, 0.05) is 0 Å². The summed E-state index contributed by atoms with van der Waals surface area (Å²) >= 11 is 0. The Morgan fingerprint density at radius 2 is 1.85 bits per heavy atom. The number of amides is 1. The molecule has 0 spiro atoms. The zero-order valence-corrected chi connectivity index (χ0v) is 15.1. The number of nitrogens with one attached hydrogen (secondary N) is 1. The fourth-order valence-corrected chi connectivity index (χ4v) is 2.49. The molecule has 0 bridgehead atoms. The minimum absolute atomic E-state index is 0.121. The molecular formula is C18H19N3O6. The summed E-state index contributed by atoms with van der Waals surface area (Å²) in [7, 11) is 4.61. The van der Waals surface area contributed by atoms with E-state index in [1.165, 1.54) is 27.6 Å². The molecule has 9 heteroatoms. The lowest BCUT2D eigenvalue weighted by atomic mass is 10.1. The predicted molar refractivity (Wildman–Crippen MR) is 93.1 cm³/mol. The molecule has 1 N–H and O–H groups in total. The lowest BCUT2D eigenvalue weighted by molar-refractivity contribution is 0.0911. The second-order valence-corrected chi connectivity index (χ2v) is 5.47. The van der Waals surface area contributed by atoms with E-state index in [0.29, 0.717) is 29.4 Å². The topological polar surface area (TPSA) is 109 Å². The van der Waals surface area contributed by atoms with Gasteiger partial charge < -0.3 is 28.4 Å². The molecule has 142 valence electrons. The van der Waals surface area contributed by atoms with Gasteiger partial charge in [-0.3, -0.25) is 4.79 Å². The summed E-state index contributed by atoms with van der Waals surface area (Å²) in [6.45, 7) is 0.233. The molecule has 0 aliphatic rings. The minimum Gasteiger partial charge on any atom is -0.493 e. The van der Waals surface area contributed by atoms with Crippen LogP contribution in [0.2, 0.25) is 0 Å². The van der Waals surface area contributed by atoms with E-state index in [0.717, 1.165) is 5.56 Å². The Labute approximate surface area is 155 Å². The lowest BCUT2D eigenvalue weighted by Gasteiger charge is -2.13. The quantitative estimate of drug-likeness (QED) is 0.640. The van der Waals surface area contributed by atoms with Crippen molar-refractivity contribution in [2.45, 2.75) is 13.0 Å². The smallest absolute Gasteiger partial charge is 0.309 e. The van der Waals surface area contributed by atoms with Gasteiger partial charge in [-0.1, -0.05) is 0 Å². The van der Waals surface area contributed by atoms with E-state index < -0.39 is 5.91 Å². The van der Waals surface area contributed by atoms with Gasteiger partial charge in [0.15, 0.2) is 11.5 Å². The SMILES string of the molecule is COc1cc(Cc2nnc(C(=O)NCc3ccco3)o2)cc(OC)c1OC. The highest BCUT2D eigenvalue weighted by molar-refractivity contribution is 5.89. The third kappa shape index (κ3) is 4.20. The van der Waals surface area contributed by atoms with Crippen LogP contribution in [-0.2, 0) is 13.0 Å². The molecule has 0 saturated carbocycles. The third-order valence-electron chi connectivity index (χ3n) is 3.74. The standard InChI is InChI=1S/C18H19N3O6/c1-23-13-7-11(8-14(24-2)16(13)25-3)9-15-20-21-18(27-15)17(22)19-10-12-5-4-6-26-12/h4-8H,9-10H2,1-3H3,(H,19,22). The van der Waals surface area contributed by atoms with Crippen LogP contribution in [-0.4, -0.2) is 37.4 Å². The zero-order chi connectivity index (χ0) is 19.2. The van der Waals surface area contributed by atoms with Crippen molar-refractivity contribution < 1.29 is 27.8 Å². The average molecular weight is 373 g/mol. The molecule has 27 heavy (non-hydrogen) atoms. The van der Waals surface area contributed by atoms with E-state index in [4.69, 9.17) is 23.0 Å². The first-order valence-corrected chi connectivity index (χ1v) is 8.06. The van der Waals surface area contributed by atoms with Gasteiger partial charge in [0.1, 0.15) is 5.76 Å². The van der Waals surface area contributed by atoms with Crippen molar-refractivity contribution in [3.63, 3.8) is 0 Å². The van der Waals surface area contributed by atoms with Crippen LogP contribution >= 0.6 is 0 Å². The summed E-state index contributed by atoms with van der Waals surface area (Å²) in [5.41, 5.74) is 0.802. The number of hydrogen-bond acceptors (Lipinski definition) is 8. The summed E-state index contributed by atoms with van der Waals surface area (Å²) in [4.78, 5) is 12.1. The van der Waals surface area contributed by atoms with Crippen molar-refractivity contribution in [2.24, 2.45) is 0 Å². The predicted octanol–water partition coefficient (Wildman–Crippen LogP) is 2.21. The van der Waals surface area contributed by atoms with Crippen molar-refractivity contribution in [2.75, 3.05) is 21.3 Å². The number of carbonyl (C=O) groups excluding carboxylic acids is 1. The number of carbonyl (C=O) groups is 1. The van der Waals surface area contributed by atoms with Crippen LogP contribution in [0.25, 0.3) is 0 Å². The lowest BCUT2D eigenvalue weighted by Crippen LogP contribution is -2.22. The maximum atomic E-state index is 12.1. The fourth-order valence-electron chi connectivity index (χ4n) is 2.49.